The van der Waals surface area contributed by atoms with Crippen LogP contribution in [-0.2, 0) is 9.53 Å². The van der Waals surface area contributed by atoms with E-state index in [1.54, 1.807) is 0 Å². The average Bonchev–Trinajstić information content (AvgIpc) is 2.24. The molecule has 1 fully saturated rings. The Kier molecular flexibility index (Phi) is 5.96. The van der Waals surface area contributed by atoms with Crippen molar-refractivity contribution < 1.29 is 9.53 Å². The number of esters is 1. The quantitative estimate of drug-likeness (QED) is 0.752. The van der Waals surface area contributed by atoms with Crippen molar-refractivity contribution in [3.63, 3.8) is 0 Å². The topological polar surface area (TPSA) is 38.3 Å². The Morgan fingerprint density at radius 1 is 1.29 bits per heavy atom. The maximum atomic E-state index is 11.7. The molecule has 17 heavy (non-hydrogen) atoms. The third-order valence-corrected chi connectivity index (χ3v) is 3.64. The lowest BCUT2D eigenvalue weighted by molar-refractivity contribution is -0.151. The Morgan fingerprint density at radius 3 is 2.41 bits per heavy atom. The van der Waals surface area contributed by atoms with Gasteiger partial charge in [0.15, 0.2) is 0 Å². The highest BCUT2D eigenvalue weighted by Crippen LogP contribution is 2.30. The van der Waals surface area contributed by atoms with Crippen molar-refractivity contribution in [3.8, 4) is 0 Å². The summed E-state index contributed by atoms with van der Waals surface area (Å²) in [6.07, 6.45) is 4.49. The molecule has 1 N–H and O–H groups in total. The van der Waals surface area contributed by atoms with Crippen molar-refractivity contribution in [2.75, 3.05) is 6.54 Å². The van der Waals surface area contributed by atoms with E-state index in [0.717, 1.165) is 19.3 Å². The van der Waals surface area contributed by atoms with Gasteiger partial charge in [-0.3, -0.25) is 4.79 Å². The largest absolute Gasteiger partial charge is 0.461 e. The van der Waals surface area contributed by atoms with Crippen molar-refractivity contribution in [3.05, 3.63) is 0 Å². The summed E-state index contributed by atoms with van der Waals surface area (Å²) >= 11 is 0. The number of hydrogen-bond donors (Lipinski definition) is 1. The average molecular weight is 241 g/mol. The summed E-state index contributed by atoms with van der Waals surface area (Å²) in [5, 5.41) is 3.17. The molecular weight excluding hydrogens is 214 g/mol. The zero-order valence-electron chi connectivity index (χ0n) is 11.7. The van der Waals surface area contributed by atoms with E-state index in [2.05, 4.69) is 33.0 Å². The fraction of sp³-hybridized carbons (Fsp3) is 0.929. The number of carbonyl (C=O) groups is 1. The first-order valence-electron chi connectivity index (χ1n) is 6.94. The summed E-state index contributed by atoms with van der Waals surface area (Å²) in [6, 6.07) is 0.381. The number of rotatable bonds is 5. The zero-order chi connectivity index (χ0) is 12.8. The summed E-state index contributed by atoms with van der Waals surface area (Å²) in [4.78, 5) is 11.7. The van der Waals surface area contributed by atoms with Crippen LogP contribution in [0.4, 0.5) is 0 Å². The molecular formula is C14H27NO2. The molecule has 3 nitrogen and oxygen atoms in total. The Bertz CT molecular complexity index is 232. The summed E-state index contributed by atoms with van der Waals surface area (Å²) in [5.74, 6) is 1.26. The van der Waals surface area contributed by atoms with Gasteiger partial charge >= 0.3 is 5.97 Å². The van der Waals surface area contributed by atoms with E-state index in [9.17, 15) is 4.79 Å². The molecule has 0 bridgehead atoms. The molecule has 0 saturated heterocycles. The lowest BCUT2D eigenvalue weighted by Crippen LogP contribution is -2.35. The van der Waals surface area contributed by atoms with Crippen LogP contribution in [0.3, 0.4) is 0 Å². The summed E-state index contributed by atoms with van der Waals surface area (Å²) in [5.41, 5.74) is 0. The van der Waals surface area contributed by atoms with Crippen molar-refractivity contribution in [1.82, 2.24) is 5.32 Å². The van der Waals surface area contributed by atoms with Crippen LogP contribution in [0.1, 0.15) is 53.4 Å². The van der Waals surface area contributed by atoms with E-state index in [0.29, 0.717) is 24.4 Å². The van der Waals surface area contributed by atoms with E-state index in [4.69, 9.17) is 4.74 Å². The molecule has 1 rings (SSSR count). The highest BCUT2D eigenvalue weighted by Gasteiger charge is 2.26. The first-order chi connectivity index (χ1) is 8.01. The Balaban J connectivity index is 2.25. The molecule has 0 radical (unpaired) electrons. The molecule has 1 saturated carbocycles. The fourth-order valence-corrected chi connectivity index (χ4v) is 2.60. The maximum Gasteiger partial charge on any atom is 0.320 e. The van der Waals surface area contributed by atoms with Gasteiger partial charge in [0.05, 0.1) is 6.54 Å². The summed E-state index contributed by atoms with van der Waals surface area (Å²) in [7, 11) is 0. The number of ether oxygens (including phenoxy) is 1. The molecule has 0 aromatic carbocycles. The van der Waals surface area contributed by atoms with Gasteiger partial charge in [0, 0.05) is 6.04 Å². The van der Waals surface area contributed by atoms with Gasteiger partial charge in [-0.1, -0.05) is 20.8 Å². The third-order valence-electron chi connectivity index (χ3n) is 3.64. The van der Waals surface area contributed by atoms with Gasteiger partial charge < -0.3 is 10.1 Å². The van der Waals surface area contributed by atoms with E-state index in [1.807, 2.05) is 0 Å². The summed E-state index contributed by atoms with van der Waals surface area (Å²) < 4.78 is 5.53. The normalized spacial score (nSPS) is 30.9. The molecule has 0 aliphatic heterocycles. The van der Waals surface area contributed by atoms with Crippen LogP contribution in [-0.4, -0.2) is 24.7 Å². The van der Waals surface area contributed by atoms with Crippen molar-refractivity contribution in [2.45, 2.75) is 65.5 Å². The standard InChI is InChI=1S/C14H27NO2/c1-5-12(4)15-9-14(16)17-13-7-10(2)6-11(3)8-13/h10-13,15H,5-9H2,1-4H3. The lowest BCUT2D eigenvalue weighted by atomic mass is 9.82. The van der Waals surface area contributed by atoms with Crippen LogP contribution < -0.4 is 5.32 Å². The summed E-state index contributed by atoms with van der Waals surface area (Å²) in [6.45, 7) is 9.02. The molecule has 3 atom stereocenters. The Hall–Kier alpha value is -0.570. The van der Waals surface area contributed by atoms with Crippen LogP contribution in [0.5, 0.6) is 0 Å². The smallest absolute Gasteiger partial charge is 0.320 e. The minimum absolute atomic E-state index is 0.100. The van der Waals surface area contributed by atoms with E-state index in [-0.39, 0.29) is 12.1 Å². The minimum Gasteiger partial charge on any atom is -0.461 e. The van der Waals surface area contributed by atoms with Crippen LogP contribution in [0.2, 0.25) is 0 Å². The highest BCUT2D eigenvalue weighted by molar-refractivity contribution is 5.71. The number of carbonyl (C=O) groups excluding carboxylic acids is 1. The van der Waals surface area contributed by atoms with Gasteiger partial charge in [-0.15, -0.1) is 0 Å². The fourth-order valence-electron chi connectivity index (χ4n) is 2.60. The van der Waals surface area contributed by atoms with Crippen molar-refractivity contribution in [2.24, 2.45) is 11.8 Å². The van der Waals surface area contributed by atoms with Crippen LogP contribution >= 0.6 is 0 Å². The van der Waals surface area contributed by atoms with Gasteiger partial charge in [0.1, 0.15) is 6.10 Å². The molecule has 3 heteroatoms. The van der Waals surface area contributed by atoms with Crippen molar-refractivity contribution >= 4 is 5.97 Å². The Labute approximate surface area is 105 Å². The monoisotopic (exact) mass is 241 g/mol. The molecule has 0 amide bonds. The molecule has 0 aromatic rings. The first-order valence-corrected chi connectivity index (χ1v) is 6.94. The second-order valence-electron chi connectivity index (χ2n) is 5.72. The highest BCUT2D eigenvalue weighted by atomic mass is 16.5. The van der Waals surface area contributed by atoms with Gasteiger partial charge in [-0.05, 0) is 44.4 Å². The van der Waals surface area contributed by atoms with E-state index in [1.165, 1.54) is 6.42 Å². The predicted octanol–water partition coefficient (Wildman–Crippen LogP) is 2.74. The predicted molar refractivity (Wildman–Crippen MR) is 69.8 cm³/mol. The van der Waals surface area contributed by atoms with Crippen LogP contribution in [0.25, 0.3) is 0 Å². The van der Waals surface area contributed by atoms with Gasteiger partial charge in [-0.2, -0.15) is 0 Å². The molecule has 3 unspecified atom stereocenters. The molecule has 1 aliphatic carbocycles. The first kappa shape index (κ1) is 14.5. The van der Waals surface area contributed by atoms with E-state index >= 15 is 0 Å². The number of hydrogen-bond acceptors (Lipinski definition) is 3. The molecule has 1 aliphatic rings. The minimum atomic E-state index is -0.100. The second-order valence-corrected chi connectivity index (χ2v) is 5.72. The molecule has 0 aromatic heterocycles. The lowest BCUT2D eigenvalue weighted by Gasteiger charge is -2.31. The molecule has 100 valence electrons. The molecule has 0 heterocycles. The van der Waals surface area contributed by atoms with Crippen LogP contribution in [0, 0.1) is 11.8 Å². The maximum absolute atomic E-state index is 11.7. The van der Waals surface area contributed by atoms with Gasteiger partial charge in [-0.25, -0.2) is 0 Å². The van der Waals surface area contributed by atoms with Crippen molar-refractivity contribution in [1.29, 1.82) is 0 Å². The van der Waals surface area contributed by atoms with Crippen LogP contribution in [0.15, 0.2) is 0 Å². The Morgan fingerprint density at radius 2 is 1.88 bits per heavy atom. The third kappa shape index (κ3) is 5.53. The van der Waals surface area contributed by atoms with Gasteiger partial charge in [0.25, 0.3) is 0 Å². The second kappa shape index (κ2) is 7.00. The molecule has 0 spiro atoms. The van der Waals surface area contributed by atoms with E-state index < -0.39 is 0 Å². The number of nitrogens with one attached hydrogen (secondary N) is 1. The zero-order valence-corrected chi connectivity index (χ0v) is 11.7. The van der Waals surface area contributed by atoms with Gasteiger partial charge in [0.2, 0.25) is 0 Å². The SMILES string of the molecule is CCC(C)NCC(=O)OC1CC(C)CC(C)C1.